The number of hydrogen-bond donors (Lipinski definition) is 0. The van der Waals surface area contributed by atoms with Gasteiger partial charge in [0.15, 0.2) is 0 Å². The van der Waals surface area contributed by atoms with Crippen molar-refractivity contribution >= 4 is 52.4 Å². The normalized spacial score (nSPS) is 11.0. The van der Waals surface area contributed by atoms with Gasteiger partial charge in [-0.15, -0.1) is 0 Å². The molecule has 0 spiro atoms. The van der Waals surface area contributed by atoms with Crippen molar-refractivity contribution in [1.29, 1.82) is 0 Å². The van der Waals surface area contributed by atoms with Gasteiger partial charge in [-0.3, -0.25) is 0 Å². The Kier molecular flexibility index (Phi) is 5.49. The van der Waals surface area contributed by atoms with Crippen LogP contribution in [-0.2, 0) is 0 Å². The van der Waals surface area contributed by atoms with Crippen molar-refractivity contribution < 1.29 is 0 Å². The van der Waals surface area contributed by atoms with Gasteiger partial charge in [0.05, 0.1) is 0 Å². The van der Waals surface area contributed by atoms with Crippen molar-refractivity contribution in [3.05, 3.63) is 73.1 Å². The van der Waals surface area contributed by atoms with Gasteiger partial charge in [0.25, 0.3) is 0 Å². The van der Waals surface area contributed by atoms with E-state index in [4.69, 9.17) is 0 Å². The molecule has 3 heteroatoms. The van der Waals surface area contributed by atoms with Crippen molar-refractivity contribution in [2.45, 2.75) is 41.5 Å². The molecule has 0 amide bonds. The Morgan fingerprint density at radius 3 is 1.40 bits per heavy atom. The molecule has 1 aromatic heterocycles. The van der Waals surface area contributed by atoms with Crippen LogP contribution in [0.2, 0.25) is 0 Å². The molecule has 25 heavy (non-hydrogen) atoms. The summed E-state index contributed by atoms with van der Waals surface area (Å²) >= 11 is 4.10. The molecule has 0 bridgehead atoms. The van der Waals surface area contributed by atoms with Gasteiger partial charge in [-0.05, 0) is 0 Å². The monoisotopic (exact) mass is 458 g/mol. The topological polar surface area (TPSA) is 0 Å². The maximum absolute atomic E-state index is 3.73. The van der Waals surface area contributed by atoms with Gasteiger partial charge in [-0.25, -0.2) is 0 Å². The summed E-state index contributed by atoms with van der Waals surface area (Å²) in [5, 5.41) is 0. The van der Waals surface area contributed by atoms with Crippen LogP contribution in [0, 0.1) is 41.5 Å². The number of benzene rings is 2. The molecule has 0 radical (unpaired) electrons. The molecule has 128 valence electrons. The van der Waals surface area contributed by atoms with E-state index in [9.17, 15) is 0 Å². The molecule has 0 N–H and O–H groups in total. The van der Waals surface area contributed by atoms with Crippen molar-refractivity contribution in [2.75, 3.05) is 0 Å². The summed E-state index contributed by atoms with van der Waals surface area (Å²) in [5.41, 5.74) is 11.3. The predicted molar refractivity (Wildman–Crippen MR) is 117 cm³/mol. The van der Waals surface area contributed by atoms with E-state index >= 15 is 0 Å². The van der Waals surface area contributed by atoms with Crippen LogP contribution in [-0.4, -0.2) is 21.2 Å². The quantitative estimate of drug-likeness (QED) is 0.524. The summed E-state index contributed by atoms with van der Waals surface area (Å²) in [6.07, 6.45) is 0. The molecule has 0 atom stereocenters. The zero-order valence-corrected chi connectivity index (χ0v) is 19.1. The minimum absolute atomic E-state index is 0.354. The van der Waals surface area contributed by atoms with Crippen molar-refractivity contribution in [1.82, 2.24) is 0 Å². The van der Waals surface area contributed by atoms with E-state index in [-0.39, 0.29) is 0 Å². The first-order valence-corrected chi connectivity index (χ1v) is 11.2. The van der Waals surface area contributed by atoms with E-state index in [0.717, 1.165) is 0 Å². The minimum atomic E-state index is 0.354. The SMILES string of the molecule is Cc1cc(C)c(B(c2ccc(Br)[se]2)c2c(C)cc(C)cc2C)c(C)c1. The Labute approximate surface area is 166 Å². The molecule has 0 saturated heterocycles. The second-order valence-corrected chi connectivity index (χ2v) is 11.6. The number of rotatable bonds is 3. The van der Waals surface area contributed by atoms with Crippen molar-refractivity contribution in [3.63, 3.8) is 0 Å². The van der Waals surface area contributed by atoms with Crippen LogP contribution in [0.3, 0.4) is 0 Å². The van der Waals surface area contributed by atoms with Gasteiger partial charge in [-0.2, -0.15) is 0 Å². The first kappa shape index (κ1) is 18.8. The molecule has 3 aromatic rings. The second kappa shape index (κ2) is 7.31. The zero-order valence-electron chi connectivity index (χ0n) is 15.8. The van der Waals surface area contributed by atoms with E-state index < -0.39 is 0 Å². The first-order valence-electron chi connectivity index (χ1n) is 8.68. The summed E-state index contributed by atoms with van der Waals surface area (Å²) in [6.45, 7) is 13.8. The standard InChI is InChI=1S/C22H24BBrSe/c1-13-9-15(3)21(16(4)10-13)23(19-7-8-20(24)25-19)22-17(5)11-14(2)12-18(22)6/h7-12H,1-6H3. The molecule has 3 rings (SSSR count). The summed E-state index contributed by atoms with van der Waals surface area (Å²) < 4.78 is 2.88. The number of hydrogen-bond acceptors (Lipinski definition) is 0. The molecule has 0 aliphatic heterocycles. The van der Waals surface area contributed by atoms with Crippen LogP contribution < -0.4 is 15.3 Å². The molecule has 0 nitrogen and oxygen atoms in total. The van der Waals surface area contributed by atoms with E-state index in [0.29, 0.717) is 21.2 Å². The van der Waals surface area contributed by atoms with E-state index in [2.05, 4.69) is 93.9 Å². The third kappa shape index (κ3) is 3.75. The van der Waals surface area contributed by atoms with Crippen molar-refractivity contribution in [3.8, 4) is 0 Å². The van der Waals surface area contributed by atoms with Crippen molar-refractivity contribution in [2.24, 2.45) is 0 Å². The number of aryl methyl sites for hydroxylation is 6. The van der Waals surface area contributed by atoms with Crippen LogP contribution in [0.5, 0.6) is 0 Å². The Bertz CT molecular complexity index is 835. The van der Waals surface area contributed by atoms with E-state index in [1.807, 2.05) is 0 Å². The van der Waals surface area contributed by atoms with Gasteiger partial charge in [0.2, 0.25) is 0 Å². The van der Waals surface area contributed by atoms with E-state index in [1.54, 1.807) is 4.34 Å². The van der Waals surface area contributed by atoms with Gasteiger partial charge in [-0.1, -0.05) is 0 Å². The van der Waals surface area contributed by atoms with Crippen LogP contribution in [0.1, 0.15) is 33.4 Å². The third-order valence-corrected chi connectivity index (χ3v) is 8.01. The van der Waals surface area contributed by atoms with Gasteiger partial charge in [0.1, 0.15) is 0 Å². The summed E-state index contributed by atoms with van der Waals surface area (Å²) in [7, 11) is 0. The molecule has 1 heterocycles. The third-order valence-electron chi connectivity index (χ3n) is 4.93. The second-order valence-electron chi connectivity index (χ2n) is 7.20. The Balaban J connectivity index is 2.33. The summed E-state index contributed by atoms with van der Waals surface area (Å²) in [4.78, 5) is 0. The maximum atomic E-state index is 3.73. The average molecular weight is 458 g/mol. The molecule has 0 saturated carbocycles. The van der Waals surface area contributed by atoms with Crippen LogP contribution in [0.15, 0.2) is 39.7 Å². The Morgan fingerprint density at radius 2 is 1.08 bits per heavy atom. The summed E-state index contributed by atoms with van der Waals surface area (Å²) in [6, 6.07) is 13.9. The predicted octanol–water partition coefficient (Wildman–Crippen LogP) is 3.87. The molecule has 2 aromatic carbocycles. The van der Waals surface area contributed by atoms with Gasteiger partial charge in [0, 0.05) is 0 Å². The van der Waals surface area contributed by atoms with Gasteiger partial charge < -0.3 is 0 Å². The van der Waals surface area contributed by atoms with E-state index in [1.165, 1.54) is 47.7 Å². The van der Waals surface area contributed by atoms with Crippen LogP contribution in [0.25, 0.3) is 0 Å². The fourth-order valence-corrected chi connectivity index (χ4v) is 7.09. The zero-order chi connectivity index (χ0) is 18.3. The van der Waals surface area contributed by atoms with Crippen LogP contribution in [0.4, 0.5) is 0 Å². The molecule has 0 fully saturated rings. The molecule has 0 unspecified atom stereocenters. The van der Waals surface area contributed by atoms with Crippen LogP contribution >= 0.6 is 15.9 Å². The Hall–Kier alpha value is -1.02. The van der Waals surface area contributed by atoms with Gasteiger partial charge >= 0.3 is 167 Å². The fraction of sp³-hybridized carbons (Fsp3) is 0.273. The number of halogens is 1. The molecular weight excluding hydrogens is 434 g/mol. The Morgan fingerprint density at radius 1 is 0.680 bits per heavy atom. The first-order chi connectivity index (χ1) is 11.8. The average Bonchev–Trinajstić information content (AvgIpc) is 2.89. The molecule has 0 aliphatic carbocycles. The molecular formula is C22H24BBrSe. The molecule has 0 aliphatic rings. The fourth-order valence-electron chi connectivity index (χ4n) is 4.21. The summed E-state index contributed by atoms with van der Waals surface area (Å²) in [5.74, 6) is 0.